The van der Waals surface area contributed by atoms with Gasteiger partial charge in [0.05, 0.1) is 19.6 Å². The normalized spacial score (nSPS) is 23.4. The van der Waals surface area contributed by atoms with Gasteiger partial charge in [0.25, 0.3) is 0 Å². The number of halogens is 1. The van der Waals surface area contributed by atoms with E-state index in [-0.39, 0.29) is 31.3 Å². The van der Waals surface area contributed by atoms with Crippen LogP contribution in [-0.2, 0) is 14.3 Å². The minimum Gasteiger partial charge on any atom is -0.490 e. The number of primary amides is 1. The van der Waals surface area contributed by atoms with Gasteiger partial charge in [0.2, 0.25) is 11.8 Å². The van der Waals surface area contributed by atoms with E-state index in [0.717, 1.165) is 12.8 Å². The molecule has 0 aromatic heterocycles. The molecule has 1 saturated heterocycles. The zero-order valence-corrected chi connectivity index (χ0v) is 15.5. The van der Waals surface area contributed by atoms with Crippen LogP contribution in [0.4, 0.5) is 4.39 Å². The summed E-state index contributed by atoms with van der Waals surface area (Å²) in [5.41, 5.74) is 4.44. The maximum atomic E-state index is 13.1. The molecule has 1 heterocycles. The molecule has 1 saturated carbocycles. The third kappa shape index (κ3) is 5.42. The van der Waals surface area contributed by atoms with Crippen LogP contribution in [0.3, 0.4) is 0 Å². The van der Waals surface area contributed by atoms with E-state index in [1.54, 1.807) is 4.90 Å². The molecule has 2 fully saturated rings. The molecule has 1 aliphatic carbocycles. The van der Waals surface area contributed by atoms with Crippen molar-refractivity contribution < 1.29 is 23.5 Å². The molecular formula is C20H27FN2O4. The molecule has 2 amide bonds. The Morgan fingerprint density at radius 1 is 1.26 bits per heavy atom. The lowest BCUT2D eigenvalue weighted by Crippen LogP contribution is -2.58. The summed E-state index contributed by atoms with van der Waals surface area (Å²) < 4.78 is 24.7. The molecule has 1 aliphatic heterocycles. The molecule has 1 aromatic rings. The topological polar surface area (TPSA) is 81.9 Å². The highest BCUT2D eigenvalue weighted by Gasteiger charge is 2.41. The predicted octanol–water partition coefficient (Wildman–Crippen LogP) is 2.26. The Morgan fingerprint density at radius 3 is 2.63 bits per heavy atom. The number of nitrogens with two attached hydrogens (primary N) is 1. The second kappa shape index (κ2) is 8.69. The quantitative estimate of drug-likeness (QED) is 0.789. The SMILES string of the molecule is NC(=O)C[C@@]1(COc2ccc(F)cc2)CN(C(=O)CC2CCCC2)CCO1. The number of rotatable bonds is 7. The van der Waals surface area contributed by atoms with Gasteiger partial charge in [0.1, 0.15) is 23.8 Å². The monoisotopic (exact) mass is 378 g/mol. The summed E-state index contributed by atoms with van der Waals surface area (Å²) in [6.07, 6.45) is 5.11. The summed E-state index contributed by atoms with van der Waals surface area (Å²) in [7, 11) is 0. The summed E-state index contributed by atoms with van der Waals surface area (Å²) in [4.78, 5) is 26.1. The van der Waals surface area contributed by atoms with Gasteiger partial charge in [0, 0.05) is 13.0 Å². The fraction of sp³-hybridized carbons (Fsp3) is 0.600. The molecular weight excluding hydrogens is 351 g/mol. The summed E-state index contributed by atoms with van der Waals surface area (Å²) in [6.45, 7) is 1.16. The number of nitrogens with zero attached hydrogens (tertiary/aromatic N) is 1. The summed E-state index contributed by atoms with van der Waals surface area (Å²) >= 11 is 0. The van der Waals surface area contributed by atoms with Crippen molar-refractivity contribution in [2.24, 2.45) is 11.7 Å². The summed E-state index contributed by atoms with van der Waals surface area (Å²) in [5, 5.41) is 0. The zero-order chi connectivity index (χ0) is 19.3. The third-order valence-corrected chi connectivity index (χ3v) is 5.35. The van der Waals surface area contributed by atoms with Crippen molar-refractivity contribution in [2.45, 2.75) is 44.1 Å². The van der Waals surface area contributed by atoms with Crippen molar-refractivity contribution in [3.05, 3.63) is 30.1 Å². The molecule has 3 rings (SSSR count). The number of morpholine rings is 1. The second-order valence-electron chi connectivity index (χ2n) is 7.59. The molecule has 148 valence electrons. The van der Waals surface area contributed by atoms with Crippen LogP contribution in [0.15, 0.2) is 24.3 Å². The van der Waals surface area contributed by atoms with E-state index >= 15 is 0 Å². The fourth-order valence-corrected chi connectivity index (χ4v) is 3.96. The molecule has 0 bridgehead atoms. The number of hydrogen-bond donors (Lipinski definition) is 1. The molecule has 1 atom stereocenters. The Kier molecular flexibility index (Phi) is 6.31. The van der Waals surface area contributed by atoms with Crippen LogP contribution in [0.1, 0.15) is 38.5 Å². The Bertz CT molecular complexity index is 660. The van der Waals surface area contributed by atoms with Gasteiger partial charge >= 0.3 is 0 Å². The molecule has 2 aliphatic rings. The van der Waals surface area contributed by atoms with Crippen molar-refractivity contribution >= 4 is 11.8 Å². The Balaban J connectivity index is 1.65. The highest BCUT2D eigenvalue weighted by Crippen LogP contribution is 2.30. The molecule has 0 unspecified atom stereocenters. The molecule has 7 heteroatoms. The molecule has 6 nitrogen and oxygen atoms in total. The minimum atomic E-state index is -0.982. The van der Waals surface area contributed by atoms with Crippen LogP contribution < -0.4 is 10.5 Å². The van der Waals surface area contributed by atoms with Crippen molar-refractivity contribution in [1.82, 2.24) is 4.90 Å². The van der Waals surface area contributed by atoms with E-state index in [1.807, 2.05) is 0 Å². The first kappa shape index (κ1) is 19.6. The number of benzene rings is 1. The van der Waals surface area contributed by atoms with E-state index in [4.69, 9.17) is 15.2 Å². The zero-order valence-electron chi connectivity index (χ0n) is 15.5. The first-order chi connectivity index (χ1) is 13.0. The van der Waals surface area contributed by atoms with Gasteiger partial charge < -0.3 is 20.1 Å². The lowest BCUT2D eigenvalue weighted by molar-refractivity contribution is -0.162. The average molecular weight is 378 g/mol. The summed E-state index contributed by atoms with van der Waals surface area (Å²) in [6, 6.07) is 5.63. The van der Waals surface area contributed by atoms with E-state index in [9.17, 15) is 14.0 Å². The van der Waals surface area contributed by atoms with Gasteiger partial charge in [-0.15, -0.1) is 0 Å². The van der Waals surface area contributed by atoms with Gasteiger partial charge in [0.15, 0.2) is 0 Å². The lowest BCUT2D eigenvalue weighted by Gasteiger charge is -2.42. The summed E-state index contributed by atoms with van der Waals surface area (Å²) in [5.74, 6) is 0.162. The van der Waals surface area contributed by atoms with Gasteiger partial charge in [-0.25, -0.2) is 4.39 Å². The van der Waals surface area contributed by atoms with Crippen LogP contribution >= 0.6 is 0 Å². The molecule has 2 N–H and O–H groups in total. The van der Waals surface area contributed by atoms with Gasteiger partial charge in [-0.2, -0.15) is 0 Å². The van der Waals surface area contributed by atoms with Crippen LogP contribution in [0.2, 0.25) is 0 Å². The Labute approximate surface area is 158 Å². The largest absolute Gasteiger partial charge is 0.490 e. The standard InChI is InChI=1S/C20H27FN2O4/c21-16-5-7-17(8-6-16)26-14-20(12-18(22)24)13-23(9-10-27-20)19(25)11-15-3-1-2-4-15/h5-8,15H,1-4,9-14H2,(H2,22,24)/t20-/m0/s1. The van der Waals surface area contributed by atoms with E-state index < -0.39 is 11.5 Å². The van der Waals surface area contributed by atoms with Gasteiger partial charge in [-0.05, 0) is 43.0 Å². The number of amides is 2. The predicted molar refractivity (Wildman–Crippen MR) is 97.5 cm³/mol. The smallest absolute Gasteiger partial charge is 0.223 e. The fourth-order valence-electron chi connectivity index (χ4n) is 3.96. The maximum absolute atomic E-state index is 13.1. The van der Waals surface area contributed by atoms with Crippen LogP contribution in [0.25, 0.3) is 0 Å². The van der Waals surface area contributed by atoms with Crippen LogP contribution in [0.5, 0.6) is 5.75 Å². The highest BCUT2D eigenvalue weighted by atomic mass is 19.1. The molecule has 0 radical (unpaired) electrons. The Hall–Kier alpha value is -2.15. The molecule has 1 aromatic carbocycles. The van der Waals surface area contributed by atoms with Gasteiger partial charge in [-0.1, -0.05) is 12.8 Å². The van der Waals surface area contributed by atoms with E-state index in [0.29, 0.717) is 31.2 Å². The van der Waals surface area contributed by atoms with Crippen molar-refractivity contribution in [1.29, 1.82) is 0 Å². The minimum absolute atomic E-state index is 0.0403. The van der Waals surface area contributed by atoms with Crippen molar-refractivity contribution in [2.75, 3.05) is 26.3 Å². The van der Waals surface area contributed by atoms with Crippen molar-refractivity contribution in [3.8, 4) is 5.75 Å². The number of ether oxygens (including phenoxy) is 2. The first-order valence-corrected chi connectivity index (χ1v) is 9.54. The first-order valence-electron chi connectivity index (χ1n) is 9.54. The molecule has 27 heavy (non-hydrogen) atoms. The van der Waals surface area contributed by atoms with Gasteiger partial charge in [-0.3, -0.25) is 9.59 Å². The second-order valence-corrected chi connectivity index (χ2v) is 7.59. The van der Waals surface area contributed by atoms with E-state index in [1.165, 1.54) is 37.1 Å². The van der Waals surface area contributed by atoms with Crippen LogP contribution in [0, 0.1) is 11.7 Å². The number of carbonyl (C=O) groups is 2. The van der Waals surface area contributed by atoms with Crippen molar-refractivity contribution in [3.63, 3.8) is 0 Å². The highest BCUT2D eigenvalue weighted by molar-refractivity contribution is 5.78. The lowest BCUT2D eigenvalue weighted by atomic mass is 9.96. The van der Waals surface area contributed by atoms with Crippen LogP contribution in [-0.4, -0.2) is 48.6 Å². The number of carbonyl (C=O) groups excluding carboxylic acids is 2. The molecule has 0 spiro atoms. The maximum Gasteiger partial charge on any atom is 0.223 e. The average Bonchev–Trinajstić information content (AvgIpc) is 3.14. The third-order valence-electron chi connectivity index (χ3n) is 5.35. The number of hydrogen-bond acceptors (Lipinski definition) is 4. The Morgan fingerprint density at radius 2 is 1.96 bits per heavy atom. The van der Waals surface area contributed by atoms with E-state index in [2.05, 4.69) is 0 Å².